The summed E-state index contributed by atoms with van der Waals surface area (Å²) in [6.07, 6.45) is -3.42. The van der Waals surface area contributed by atoms with E-state index >= 15 is 0 Å². The molecule has 0 spiro atoms. The highest BCUT2D eigenvalue weighted by molar-refractivity contribution is 5.39. The molecule has 0 aliphatic rings. The molecule has 0 atom stereocenters. The third-order valence-electron chi connectivity index (χ3n) is 1.71. The van der Waals surface area contributed by atoms with Gasteiger partial charge in [-0.25, -0.2) is 9.79 Å². The van der Waals surface area contributed by atoms with Gasteiger partial charge in [-0.3, -0.25) is 0 Å². The highest BCUT2D eigenvalue weighted by Gasteiger charge is 2.33. The van der Waals surface area contributed by atoms with Crippen LogP contribution in [-0.4, -0.2) is 11.2 Å². The number of hydrogen-bond donors (Lipinski definition) is 1. The lowest BCUT2D eigenvalue weighted by atomic mass is 10.1. The predicted molar refractivity (Wildman–Crippen MR) is 44.9 cm³/mol. The van der Waals surface area contributed by atoms with E-state index in [2.05, 4.69) is 4.99 Å². The molecule has 1 aromatic carbocycles. The van der Waals surface area contributed by atoms with Crippen LogP contribution in [-0.2, 0) is 17.5 Å². The summed E-state index contributed by atoms with van der Waals surface area (Å²) >= 11 is 0. The van der Waals surface area contributed by atoms with E-state index in [1.807, 2.05) is 0 Å². The molecule has 0 aliphatic carbocycles. The molecule has 0 saturated carbocycles. The molecule has 0 aromatic heterocycles. The first-order valence-electron chi connectivity index (χ1n) is 3.88. The predicted octanol–water partition coefficient (Wildman–Crippen LogP) is 2.25. The van der Waals surface area contributed by atoms with Gasteiger partial charge in [0.2, 0.25) is 6.08 Å². The van der Waals surface area contributed by atoms with Crippen LogP contribution in [0.25, 0.3) is 0 Å². The van der Waals surface area contributed by atoms with Gasteiger partial charge < -0.3 is 5.11 Å². The molecule has 0 bridgehead atoms. The Morgan fingerprint density at radius 3 is 2.60 bits per heavy atom. The van der Waals surface area contributed by atoms with E-state index in [-0.39, 0.29) is 5.56 Å². The molecule has 1 aromatic rings. The summed E-state index contributed by atoms with van der Waals surface area (Å²) in [5.74, 6) is -0.485. The van der Waals surface area contributed by atoms with Gasteiger partial charge in [0.1, 0.15) is 5.75 Å². The lowest BCUT2D eigenvalue weighted by Gasteiger charge is -2.11. The second-order valence-electron chi connectivity index (χ2n) is 2.75. The third kappa shape index (κ3) is 2.82. The van der Waals surface area contributed by atoms with Crippen molar-refractivity contribution in [2.45, 2.75) is 12.7 Å². The number of phenols is 1. The van der Waals surface area contributed by atoms with Crippen LogP contribution in [0.1, 0.15) is 11.1 Å². The van der Waals surface area contributed by atoms with E-state index in [4.69, 9.17) is 5.11 Å². The lowest BCUT2D eigenvalue weighted by molar-refractivity contribution is -0.138. The SMILES string of the molecule is O=C=NCc1ccc(O)cc1C(F)(F)F. The van der Waals surface area contributed by atoms with Gasteiger partial charge in [0.15, 0.2) is 0 Å². The average molecular weight is 217 g/mol. The molecule has 15 heavy (non-hydrogen) atoms. The molecule has 80 valence electrons. The fraction of sp³-hybridized carbons (Fsp3) is 0.222. The fourth-order valence-electron chi connectivity index (χ4n) is 1.08. The Labute approximate surface area is 82.9 Å². The molecule has 0 amide bonds. The molecule has 0 unspecified atom stereocenters. The van der Waals surface area contributed by atoms with Crippen LogP contribution in [0.2, 0.25) is 0 Å². The van der Waals surface area contributed by atoms with Gasteiger partial charge in [0, 0.05) is 0 Å². The van der Waals surface area contributed by atoms with Crippen molar-refractivity contribution in [2.75, 3.05) is 0 Å². The van der Waals surface area contributed by atoms with Crippen LogP contribution in [0.3, 0.4) is 0 Å². The zero-order valence-corrected chi connectivity index (χ0v) is 7.38. The number of halogens is 3. The van der Waals surface area contributed by atoms with Crippen molar-refractivity contribution in [3.63, 3.8) is 0 Å². The Bertz CT molecular complexity index is 408. The Morgan fingerprint density at radius 2 is 2.07 bits per heavy atom. The van der Waals surface area contributed by atoms with E-state index in [9.17, 15) is 18.0 Å². The molecule has 1 N–H and O–H groups in total. The minimum absolute atomic E-state index is 0.177. The van der Waals surface area contributed by atoms with Gasteiger partial charge in [-0.05, 0) is 17.7 Å². The largest absolute Gasteiger partial charge is 0.508 e. The van der Waals surface area contributed by atoms with Crippen LogP contribution < -0.4 is 0 Å². The number of rotatable bonds is 2. The molecule has 1 rings (SSSR count). The van der Waals surface area contributed by atoms with Crippen molar-refractivity contribution >= 4 is 6.08 Å². The summed E-state index contributed by atoms with van der Waals surface area (Å²) in [5.41, 5.74) is -1.18. The van der Waals surface area contributed by atoms with Gasteiger partial charge in [0.05, 0.1) is 12.1 Å². The first-order chi connectivity index (χ1) is 6.95. The van der Waals surface area contributed by atoms with Gasteiger partial charge in [-0.2, -0.15) is 13.2 Å². The maximum absolute atomic E-state index is 12.4. The van der Waals surface area contributed by atoms with Crippen molar-refractivity contribution in [3.05, 3.63) is 29.3 Å². The molecule has 0 aliphatic heterocycles. The van der Waals surface area contributed by atoms with Crippen molar-refractivity contribution in [3.8, 4) is 5.75 Å². The highest BCUT2D eigenvalue weighted by atomic mass is 19.4. The van der Waals surface area contributed by atoms with Gasteiger partial charge in [-0.15, -0.1) is 0 Å². The smallest absolute Gasteiger partial charge is 0.416 e. The molecule has 6 heteroatoms. The van der Waals surface area contributed by atoms with Gasteiger partial charge in [0.25, 0.3) is 0 Å². The highest BCUT2D eigenvalue weighted by Crippen LogP contribution is 2.34. The van der Waals surface area contributed by atoms with E-state index < -0.39 is 24.0 Å². The Hall–Kier alpha value is -1.81. The summed E-state index contributed by atoms with van der Waals surface area (Å²) in [4.78, 5) is 12.8. The van der Waals surface area contributed by atoms with E-state index in [1.54, 1.807) is 0 Å². The summed E-state index contributed by atoms with van der Waals surface area (Å²) in [5, 5.41) is 8.92. The Balaban J connectivity index is 3.20. The molecule has 0 fully saturated rings. The molecule has 3 nitrogen and oxygen atoms in total. The molecule has 0 saturated heterocycles. The molecular weight excluding hydrogens is 211 g/mol. The van der Waals surface area contributed by atoms with Crippen molar-refractivity contribution in [1.82, 2.24) is 0 Å². The summed E-state index contributed by atoms with van der Waals surface area (Å²) in [6, 6.07) is 2.76. The number of carbonyl (C=O) groups excluding carboxylic acids is 1. The van der Waals surface area contributed by atoms with E-state index in [0.717, 1.165) is 18.2 Å². The fourth-order valence-corrected chi connectivity index (χ4v) is 1.08. The lowest BCUT2D eigenvalue weighted by Crippen LogP contribution is -2.08. The maximum atomic E-state index is 12.4. The molecular formula is C9H6F3NO2. The summed E-state index contributed by atoms with van der Waals surface area (Å²) in [6.45, 7) is -0.404. The van der Waals surface area contributed by atoms with Crippen LogP contribution in [0.4, 0.5) is 13.2 Å². The van der Waals surface area contributed by atoms with Crippen molar-refractivity contribution < 1.29 is 23.1 Å². The Morgan fingerprint density at radius 1 is 1.40 bits per heavy atom. The first-order valence-corrected chi connectivity index (χ1v) is 3.88. The second-order valence-corrected chi connectivity index (χ2v) is 2.75. The summed E-state index contributed by atoms with van der Waals surface area (Å²) in [7, 11) is 0. The molecule has 0 radical (unpaired) electrons. The number of aromatic hydroxyl groups is 1. The van der Waals surface area contributed by atoms with E-state index in [0.29, 0.717) is 6.07 Å². The van der Waals surface area contributed by atoms with Crippen LogP contribution in [0.5, 0.6) is 5.75 Å². The number of phenolic OH excluding ortho intramolecular Hbond substituents is 1. The normalized spacial score (nSPS) is 10.9. The van der Waals surface area contributed by atoms with Crippen LogP contribution >= 0.6 is 0 Å². The average Bonchev–Trinajstić information content (AvgIpc) is 2.14. The number of nitrogens with zero attached hydrogens (tertiary/aromatic N) is 1. The number of alkyl halides is 3. The van der Waals surface area contributed by atoms with Crippen molar-refractivity contribution in [2.24, 2.45) is 4.99 Å². The van der Waals surface area contributed by atoms with Gasteiger partial charge >= 0.3 is 6.18 Å². The minimum atomic E-state index is -4.58. The molecule has 0 heterocycles. The number of aliphatic imine (C=N–C) groups is 1. The number of isocyanates is 1. The monoisotopic (exact) mass is 217 g/mol. The van der Waals surface area contributed by atoms with Crippen LogP contribution in [0.15, 0.2) is 23.2 Å². The zero-order valence-electron chi connectivity index (χ0n) is 7.38. The first kappa shape index (κ1) is 11.3. The number of hydrogen-bond acceptors (Lipinski definition) is 3. The van der Waals surface area contributed by atoms with E-state index in [1.165, 1.54) is 0 Å². The Kier molecular flexibility index (Phi) is 3.11. The third-order valence-corrected chi connectivity index (χ3v) is 1.71. The topological polar surface area (TPSA) is 49.7 Å². The minimum Gasteiger partial charge on any atom is -0.508 e. The second kappa shape index (κ2) is 4.14. The standard InChI is InChI=1S/C9H6F3NO2/c10-9(11,12)8-3-7(15)2-1-6(8)4-13-5-14/h1-3,15H,4H2. The van der Waals surface area contributed by atoms with Crippen LogP contribution in [0, 0.1) is 0 Å². The van der Waals surface area contributed by atoms with Crippen molar-refractivity contribution in [1.29, 1.82) is 0 Å². The summed E-state index contributed by atoms with van der Waals surface area (Å²) < 4.78 is 37.2. The quantitative estimate of drug-likeness (QED) is 0.610. The zero-order chi connectivity index (χ0) is 11.5. The van der Waals surface area contributed by atoms with Gasteiger partial charge in [-0.1, -0.05) is 6.07 Å². The number of benzene rings is 1. The maximum Gasteiger partial charge on any atom is 0.416 e.